The summed E-state index contributed by atoms with van der Waals surface area (Å²) in [4.78, 5) is 11.4. The molecule has 0 bridgehead atoms. The van der Waals surface area contributed by atoms with Gasteiger partial charge in [-0.3, -0.25) is 9.52 Å². The molecule has 1 N–H and O–H groups in total. The summed E-state index contributed by atoms with van der Waals surface area (Å²) >= 11 is 1.45. The van der Waals surface area contributed by atoms with E-state index < -0.39 is 0 Å². The maximum Gasteiger partial charge on any atom is 0.231 e. The standard InChI is InChI=1S/C29H32FNO3S/c1-18(2)12-13-33-25-14-19(3)28(20(4)29(25)30)23-7-5-6-21(15-23)17-34-24-10-8-22(9-11-24)26-16-27(32)31-35-26/h5-11,14-15,18,26H,12-13,16-17H2,1-4H3,(H,31,32). The third-order valence-electron chi connectivity index (χ3n) is 6.17. The zero-order valence-electron chi connectivity index (χ0n) is 20.7. The number of nitrogens with one attached hydrogen (secondary N) is 1. The number of amides is 1. The number of hydrogen-bond donors (Lipinski definition) is 1. The zero-order chi connectivity index (χ0) is 24.9. The van der Waals surface area contributed by atoms with Gasteiger partial charge in [0.1, 0.15) is 12.4 Å². The highest BCUT2D eigenvalue weighted by Crippen LogP contribution is 2.36. The van der Waals surface area contributed by atoms with E-state index in [4.69, 9.17) is 9.47 Å². The summed E-state index contributed by atoms with van der Waals surface area (Å²) in [6.07, 6.45) is 1.39. The van der Waals surface area contributed by atoms with Crippen molar-refractivity contribution in [3.8, 4) is 22.6 Å². The summed E-state index contributed by atoms with van der Waals surface area (Å²) in [5.74, 6) is 1.37. The van der Waals surface area contributed by atoms with Gasteiger partial charge in [-0.2, -0.15) is 0 Å². The van der Waals surface area contributed by atoms with Crippen molar-refractivity contribution in [2.75, 3.05) is 6.61 Å². The summed E-state index contributed by atoms with van der Waals surface area (Å²) in [5.41, 5.74) is 5.53. The summed E-state index contributed by atoms with van der Waals surface area (Å²) in [7, 11) is 0. The van der Waals surface area contributed by atoms with Crippen LogP contribution in [0.15, 0.2) is 54.6 Å². The number of ether oxygens (including phenoxy) is 2. The lowest BCUT2D eigenvalue weighted by Crippen LogP contribution is -2.05. The molecule has 3 aromatic rings. The van der Waals surface area contributed by atoms with Crippen LogP contribution in [0.25, 0.3) is 11.1 Å². The van der Waals surface area contributed by atoms with Crippen LogP contribution in [0.5, 0.6) is 11.5 Å². The van der Waals surface area contributed by atoms with Gasteiger partial charge in [0.25, 0.3) is 0 Å². The molecule has 6 heteroatoms. The van der Waals surface area contributed by atoms with Crippen LogP contribution in [0.4, 0.5) is 4.39 Å². The molecule has 1 amide bonds. The van der Waals surface area contributed by atoms with Crippen LogP contribution in [-0.4, -0.2) is 12.5 Å². The van der Waals surface area contributed by atoms with E-state index in [-0.39, 0.29) is 17.0 Å². The minimum atomic E-state index is -0.298. The molecule has 0 aliphatic carbocycles. The fourth-order valence-corrected chi connectivity index (χ4v) is 5.10. The monoisotopic (exact) mass is 493 g/mol. The Balaban J connectivity index is 1.45. The van der Waals surface area contributed by atoms with E-state index in [9.17, 15) is 4.79 Å². The Morgan fingerprint density at radius 3 is 2.54 bits per heavy atom. The van der Waals surface area contributed by atoms with Crippen LogP contribution >= 0.6 is 11.9 Å². The molecule has 0 radical (unpaired) electrons. The Morgan fingerprint density at radius 2 is 1.86 bits per heavy atom. The van der Waals surface area contributed by atoms with E-state index in [2.05, 4.69) is 24.6 Å². The zero-order valence-corrected chi connectivity index (χ0v) is 21.5. The highest BCUT2D eigenvalue weighted by atomic mass is 32.2. The molecular weight excluding hydrogens is 461 g/mol. The first-order valence-electron chi connectivity index (χ1n) is 12.0. The van der Waals surface area contributed by atoms with E-state index in [0.29, 0.717) is 36.9 Å². The predicted molar refractivity (Wildman–Crippen MR) is 140 cm³/mol. The Kier molecular flexibility index (Phi) is 8.01. The van der Waals surface area contributed by atoms with Crippen molar-refractivity contribution in [2.45, 2.75) is 52.4 Å². The van der Waals surface area contributed by atoms with Gasteiger partial charge in [-0.05, 0) is 95.8 Å². The second kappa shape index (κ2) is 11.2. The smallest absolute Gasteiger partial charge is 0.231 e. The molecule has 4 nitrogen and oxygen atoms in total. The van der Waals surface area contributed by atoms with Crippen LogP contribution in [0.3, 0.4) is 0 Å². The highest BCUT2D eigenvalue weighted by molar-refractivity contribution is 7.98. The molecular formula is C29H32FNO3S. The van der Waals surface area contributed by atoms with Crippen molar-refractivity contribution in [1.82, 2.24) is 4.72 Å². The van der Waals surface area contributed by atoms with Crippen LogP contribution in [0.1, 0.15) is 54.2 Å². The minimum absolute atomic E-state index is 0.0684. The van der Waals surface area contributed by atoms with Crippen molar-refractivity contribution in [1.29, 1.82) is 0 Å². The summed E-state index contributed by atoms with van der Waals surface area (Å²) in [5, 5.41) is 0.145. The van der Waals surface area contributed by atoms with Gasteiger partial charge in [0.05, 0.1) is 11.9 Å². The topological polar surface area (TPSA) is 47.6 Å². The third-order valence-corrected chi connectivity index (χ3v) is 7.24. The van der Waals surface area contributed by atoms with E-state index >= 15 is 4.39 Å². The maximum absolute atomic E-state index is 15.1. The first-order valence-corrected chi connectivity index (χ1v) is 12.9. The van der Waals surface area contributed by atoms with Gasteiger partial charge in [-0.25, -0.2) is 4.39 Å². The molecule has 1 aliphatic heterocycles. The Morgan fingerprint density at radius 1 is 1.09 bits per heavy atom. The summed E-state index contributed by atoms with van der Waals surface area (Å²) in [6, 6.07) is 17.7. The fraction of sp³-hybridized carbons (Fsp3) is 0.345. The average Bonchev–Trinajstić information content (AvgIpc) is 3.27. The Hall–Kier alpha value is -2.99. The summed E-state index contributed by atoms with van der Waals surface area (Å²) < 4.78 is 29.7. The van der Waals surface area contributed by atoms with Crippen LogP contribution in [-0.2, 0) is 11.4 Å². The minimum Gasteiger partial charge on any atom is -0.490 e. The molecule has 1 unspecified atom stereocenters. The lowest BCUT2D eigenvalue weighted by molar-refractivity contribution is -0.118. The third kappa shape index (κ3) is 6.17. The van der Waals surface area contributed by atoms with Gasteiger partial charge in [-0.15, -0.1) is 0 Å². The SMILES string of the molecule is Cc1cc(OCCC(C)C)c(F)c(C)c1-c1cccc(COc2ccc(C3CC(=O)NS3)cc2)c1. The number of rotatable bonds is 9. The lowest BCUT2D eigenvalue weighted by atomic mass is 9.94. The Labute approximate surface area is 211 Å². The van der Waals surface area contributed by atoms with Gasteiger partial charge in [-0.1, -0.05) is 44.2 Å². The van der Waals surface area contributed by atoms with Crippen molar-refractivity contribution in [3.63, 3.8) is 0 Å². The number of aryl methyl sites for hydroxylation is 1. The molecule has 3 aromatic carbocycles. The molecule has 184 valence electrons. The lowest BCUT2D eigenvalue weighted by Gasteiger charge is -2.17. The molecule has 1 atom stereocenters. The van der Waals surface area contributed by atoms with E-state index in [1.54, 1.807) is 6.07 Å². The molecule has 4 rings (SSSR count). The van der Waals surface area contributed by atoms with E-state index in [1.165, 1.54) is 11.9 Å². The molecule has 1 saturated heterocycles. The maximum atomic E-state index is 15.1. The fourth-order valence-electron chi connectivity index (χ4n) is 4.21. The largest absolute Gasteiger partial charge is 0.490 e. The van der Waals surface area contributed by atoms with Crippen LogP contribution < -0.4 is 14.2 Å². The van der Waals surface area contributed by atoms with Gasteiger partial charge in [0.2, 0.25) is 5.91 Å². The second-order valence-corrected chi connectivity index (χ2v) is 10.4. The summed E-state index contributed by atoms with van der Waals surface area (Å²) in [6.45, 7) is 8.97. The predicted octanol–water partition coefficient (Wildman–Crippen LogP) is 7.32. The van der Waals surface area contributed by atoms with Crippen molar-refractivity contribution in [2.24, 2.45) is 5.92 Å². The molecule has 35 heavy (non-hydrogen) atoms. The Bertz CT molecular complexity index is 1190. The van der Waals surface area contributed by atoms with Crippen LogP contribution in [0, 0.1) is 25.6 Å². The number of carbonyl (C=O) groups excluding carboxylic acids is 1. The molecule has 0 saturated carbocycles. The van der Waals surface area contributed by atoms with E-state index in [1.807, 2.05) is 56.3 Å². The number of carbonyl (C=O) groups is 1. The van der Waals surface area contributed by atoms with Crippen molar-refractivity contribution in [3.05, 3.63) is 82.7 Å². The van der Waals surface area contributed by atoms with Crippen molar-refractivity contribution < 1.29 is 18.7 Å². The molecule has 1 aliphatic rings. The van der Waals surface area contributed by atoms with Crippen LogP contribution in [0.2, 0.25) is 0 Å². The highest BCUT2D eigenvalue weighted by Gasteiger charge is 2.24. The van der Waals surface area contributed by atoms with Crippen molar-refractivity contribution >= 4 is 17.9 Å². The molecule has 0 aromatic heterocycles. The molecule has 0 spiro atoms. The number of halogens is 1. The first kappa shape index (κ1) is 25.1. The normalized spacial score (nSPS) is 15.4. The average molecular weight is 494 g/mol. The van der Waals surface area contributed by atoms with Gasteiger partial charge in [0, 0.05) is 6.42 Å². The first-order chi connectivity index (χ1) is 16.8. The van der Waals surface area contributed by atoms with Gasteiger partial charge >= 0.3 is 0 Å². The number of benzene rings is 3. The second-order valence-electron chi connectivity index (χ2n) is 9.43. The molecule has 1 heterocycles. The van der Waals surface area contributed by atoms with Gasteiger partial charge in [0.15, 0.2) is 11.6 Å². The number of hydrogen-bond acceptors (Lipinski definition) is 4. The quantitative estimate of drug-likeness (QED) is 0.317. The van der Waals surface area contributed by atoms with Gasteiger partial charge < -0.3 is 9.47 Å². The molecule has 1 fully saturated rings. The van der Waals surface area contributed by atoms with E-state index in [0.717, 1.165) is 40.0 Å².